The number of hydrogen-bond donors (Lipinski definition) is 2. The summed E-state index contributed by atoms with van der Waals surface area (Å²) < 4.78 is 14.1. The fourth-order valence-corrected chi connectivity index (χ4v) is 10.1. The first-order valence-electron chi connectivity index (χ1n) is 24.1. The van der Waals surface area contributed by atoms with Gasteiger partial charge >= 0.3 is 5.97 Å². The second-order valence-electron chi connectivity index (χ2n) is 19.6. The van der Waals surface area contributed by atoms with E-state index >= 15 is 0 Å². The van der Waals surface area contributed by atoms with E-state index < -0.39 is 47.2 Å². The molecule has 5 heterocycles. The Labute approximate surface area is 395 Å². The van der Waals surface area contributed by atoms with Crippen molar-refractivity contribution in [1.82, 2.24) is 35.1 Å². The number of cyclic esters (lactones) is 1. The SMILES string of the molecule is CCC/C=C/C(=O)N1CC[C@H](C(=O)N(C)[C@H](C(=O)N[C@H]2Cc3cccc(c3)-c3ccc4c(c3)c(c(-c3cccnc3COC)n4CC)CC(C)(C)COC(=O)[C@@H]3CCCN(N3)C2=O)C(C)C)C1. The van der Waals surface area contributed by atoms with Gasteiger partial charge in [-0.1, -0.05) is 77.4 Å². The van der Waals surface area contributed by atoms with Gasteiger partial charge in [-0.2, -0.15) is 0 Å². The summed E-state index contributed by atoms with van der Waals surface area (Å²) in [5, 5.41) is 5.61. The van der Waals surface area contributed by atoms with E-state index in [1.54, 1.807) is 31.3 Å². The monoisotopic (exact) mass is 916 g/mol. The minimum Gasteiger partial charge on any atom is -0.464 e. The molecule has 3 aliphatic rings. The molecular formula is C53H69N7O7. The van der Waals surface area contributed by atoms with Crippen LogP contribution in [-0.4, -0.2) is 112 Å². The van der Waals surface area contributed by atoms with Crippen molar-refractivity contribution in [3.8, 4) is 22.4 Å². The highest BCUT2D eigenvalue weighted by Gasteiger charge is 2.40. The fourth-order valence-electron chi connectivity index (χ4n) is 10.1. The molecule has 0 spiro atoms. The first-order chi connectivity index (χ1) is 32.1. The molecule has 2 N–H and O–H groups in total. The third-order valence-corrected chi connectivity index (χ3v) is 13.5. The van der Waals surface area contributed by atoms with Crippen LogP contribution in [0.3, 0.4) is 0 Å². The average molecular weight is 916 g/mol. The minimum atomic E-state index is -1.04. The van der Waals surface area contributed by atoms with Crippen molar-refractivity contribution < 1.29 is 33.4 Å². The van der Waals surface area contributed by atoms with E-state index in [2.05, 4.69) is 72.5 Å². The Bertz CT molecular complexity index is 2490. The van der Waals surface area contributed by atoms with Gasteiger partial charge in [0.1, 0.15) is 18.1 Å². The van der Waals surface area contributed by atoms with E-state index in [-0.39, 0.29) is 37.3 Å². The summed E-state index contributed by atoms with van der Waals surface area (Å²) in [6.45, 7) is 14.4. The molecule has 2 aromatic heterocycles. The van der Waals surface area contributed by atoms with E-state index in [0.717, 1.165) is 62.9 Å². The average Bonchev–Trinajstić information content (AvgIpc) is 3.93. The van der Waals surface area contributed by atoms with Crippen molar-refractivity contribution in [1.29, 1.82) is 0 Å². The molecule has 2 fully saturated rings. The zero-order chi connectivity index (χ0) is 48.0. The van der Waals surface area contributed by atoms with Gasteiger partial charge in [-0.05, 0) is 97.5 Å². The number of aromatic nitrogens is 2. The highest BCUT2D eigenvalue weighted by molar-refractivity contribution is 5.96. The second-order valence-corrected chi connectivity index (χ2v) is 19.6. The molecule has 14 heteroatoms. The van der Waals surface area contributed by atoms with Gasteiger partial charge in [0, 0.05) is 74.8 Å². The van der Waals surface area contributed by atoms with Gasteiger partial charge in [-0.3, -0.25) is 34.0 Å². The number of benzene rings is 2. The summed E-state index contributed by atoms with van der Waals surface area (Å²) in [7, 11) is 3.30. The number of aryl methyl sites for hydroxylation is 1. The van der Waals surface area contributed by atoms with Crippen LogP contribution in [0.2, 0.25) is 0 Å². The summed E-state index contributed by atoms with van der Waals surface area (Å²) in [4.78, 5) is 78.0. The van der Waals surface area contributed by atoms with Crippen LogP contribution in [0.5, 0.6) is 0 Å². The predicted molar refractivity (Wildman–Crippen MR) is 259 cm³/mol. The minimum absolute atomic E-state index is 0.114. The lowest BCUT2D eigenvalue weighted by Gasteiger charge is -2.37. The number of rotatable bonds is 12. The summed E-state index contributed by atoms with van der Waals surface area (Å²) in [6.07, 6.45) is 9.25. The molecule has 67 heavy (non-hydrogen) atoms. The molecule has 7 rings (SSSR count). The molecule has 0 radical (unpaired) electrons. The van der Waals surface area contributed by atoms with Crippen molar-refractivity contribution in [3.05, 3.63) is 89.8 Å². The Morgan fingerprint density at radius 1 is 1.04 bits per heavy atom. The first kappa shape index (κ1) is 49.1. The van der Waals surface area contributed by atoms with E-state index in [4.69, 9.17) is 14.5 Å². The quantitative estimate of drug-likeness (QED) is 0.114. The normalized spacial score (nSPS) is 20.5. The van der Waals surface area contributed by atoms with Gasteiger partial charge in [0.2, 0.25) is 17.7 Å². The lowest BCUT2D eigenvalue weighted by atomic mass is 9.84. The molecule has 4 atom stereocenters. The smallest absolute Gasteiger partial charge is 0.324 e. The van der Waals surface area contributed by atoms with E-state index in [1.165, 1.54) is 9.91 Å². The lowest BCUT2D eigenvalue weighted by molar-refractivity contribution is -0.155. The van der Waals surface area contributed by atoms with Crippen molar-refractivity contribution >= 4 is 40.5 Å². The number of likely N-dealkylation sites (tertiary alicyclic amines) is 1. The number of nitrogens with one attached hydrogen (secondary N) is 2. The maximum atomic E-state index is 14.7. The molecule has 2 saturated heterocycles. The molecule has 358 valence electrons. The van der Waals surface area contributed by atoms with Crippen LogP contribution in [0.4, 0.5) is 0 Å². The maximum Gasteiger partial charge on any atom is 0.324 e. The lowest BCUT2D eigenvalue weighted by Crippen LogP contribution is -2.62. The van der Waals surface area contributed by atoms with E-state index in [1.807, 2.05) is 45.0 Å². The molecule has 0 unspecified atom stereocenters. The fraction of sp³-hybridized carbons (Fsp3) is 0.509. The molecule has 4 amide bonds. The van der Waals surface area contributed by atoms with Gasteiger partial charge in [0.05, 0.1) is 30.5 Å². The largest absolute Gasteiger partial charge is 0.464 e. The Morgan fingerprint density at radius 3 is 2.58 bits per heavy atom. The van der Waals surface area contributed by atoms with E-state index in [9.17, 15) is 24.0 Å². The number of esters is 1. The number of unbranched alkanes of at least 4 members (excludes halogenated alkanes) is 1. The van der Waals surface area contributed by atoms with Gasteiger partial charge in [-0.25, -0.2) is 5.43 Å². The third-order valence-electron chi connectivity index (χ3n) is 13.5. The number of carbonyl (C=O) groups is 5. The molecule has 0 aliphatic carbocycles. The van der Waals surface area contributed by atoms with Crippen LogP contribution in [0.1, 0.15) is 90.5 Å². The van der Waals surface area contributed by atoms with Crippen LogP contribution >= 0.6 is 0 Å². The summed E-state index contributed by atoms with van der Waals surface area (Å²) in [5.74, 6) is -2.37. The zero-order valence-electron chi connectivity index (χ0n) is 40.6. The number of fused-ring (bicyclic) bond motifs is 6. The number of hydrogen-bond acceptors (Lipinski definition) is 9. The van der Waals surface area contributed by atoms with Crippen LogP contribution < -0.4 is 10.7 Å². The van der Waals surface area contributed by atoms with E-state index in [0.29, 0.717) is 51.9 Å². The molecule has 2 aromatic carbocycles. The number of likely N-dealkylation sites (N-methyl/N-ethyl adjacent to an activating group) is 1. The van der Waals surface area contributed by atoms with Gasteiger partial charge in [0.15, 0.2) is 0 Å². The summed E-state index contributed by atoms with van der Waals surface area (Å²) >= 11 is 0. The van der Waals surface area contributed by atoms with Gasteiger partial charge < -0.3 is 29.2 Å². The molecule has 6 bridgehead atoms. The molecule has 3 aliphatic heterocycles. The topological polar surface area (TPSA) is 155 Å². The number of pyridine rings is 1. The van der Waals surface area contributed by atoms with Gasteiger partial charge in [-0.15, -0.1) is 0 Å². The number of allylic oxidation sites excluding steroid dienone is 1. The number of nitrogens with zero attached hydrogens (tertiary/aromatic N) is 5. The van der Waals surface area contributed by atoms with Crippen LogP contribution in [0, 0.1) is 17.3 Å². The van der Waals surface area contributed by atoms with Crippen LogP contribution in [0.15, 0.2) is 72.9 Å². The van der Waals surface area contributed by atoms with Crippen LogP contribution in [0.25, 0.3) is 33.3 Å². The first-order valence-corrected chi connectivity index (χ1v) is 24.1. The molecule has 14 nitrogen and oxygen atoms in total. The van der Waals surface area contributed by atoms with Crippen molar-refractivity contribution in [2.75, 3.05) is 40.4 Å². The second kappa shape index (κ2) is 21.4. The summed E-state index contributed by atoms with van der Waals surface area (Å²) in [6, 6.07) is 15.9. The molecule has 4 aromatic rings. The number of ether oxygens (including phenoxy) is 2. The zero-order valence-corrected chi connectivity index (χ0v) is 40.6. The Morgan fingerprint density at radius 2 is 1.84 bits per heavy atom. The van der Waals surface area contributed by atoms with Crippen molar-refractivity contribution in [2.24, 2.45) is 17.3 Å². The van der Waals surface area contributed by atoms with Crippen LogP contribution in [-0.2, 0) is 59.4 Å². The third kappa shape index (κ3) is 11.0. The number of methoxy groups -OCH3 is 1. The highest BCUT2D eigenvalue weighted by atomic mass is 16.5. The predicted octanol–water partition coefficient (Wildman–Crippen LogP) is 6.87. The number of amides is 4. The maximum absolute atomic E-state index is 14.7. The molecule has 0 saturated carbocycles. The highest BCUT2D eigenvalue weighted by Crippen LogP contribution is 2.41. The number of carbonyl (C=O) groups excluding carboxylic acids is 5. The molecular weight excluding hydrogens is 847 g/mol. The Balaban J connectivity index is 1.25. The van der Waals surface area contributed by atoms with Crippen molar-refractivity contribution in [2.45, 2.75) is 118 Å². The van der Waals surface area contributed by atoms with Gasteiger partial charge in [0.25, 0.3) is 5.91 Å². The Kier molecular flexibility index (Phi) is 15.7. The standard InChI is InChI=1S/C53H69N7O7/c1-9-11-12-20-46(61)58-26-23-38(31-58)50(63)57(7)47(34(3)4)49(62)55-43-28-35-16-13-17-36(27-35)37-21-22-45-40(29-37)41(48(59(45)10-2)39-18-14-24-54-44(39)32-66-8)30-53(5,6)33-67-52(65)42-19-15-25-60(56-42)51(43)64/h12-14,16-18,20-22,24,27,29,34,38,42-43,47,56H,9-11,15,19,23,25-26,28,30-33H2,1-8H3,(H,55,62)/b20-12+/t38-,42-,43-,47-/m0/s1. The number of hydrazine groups is 1. The Hall–Kier alpha value is -5.86. The van der Waals surface area contributed by atoms with Crippen molar-refractivity contribution in [3.63, 3.8) is 0 Å². The summed E-state index contributed by atoms with van der Waals surface area (Å²) in [5.41, 5.74) is 10.5.